The van der Waals surface area contributed by atoms with Gasteiger partial charge in [-0.15, -0.1) is 0 Å². The van der Waals surface area contributed by atoms with Crippen LogP contribution in [0.15, 0.2) is 24.5 Å². The minimum Gasteiger partial charge on any atom is -0.378 e. The van der Waals surface area contributed by atoms with Crippen LogP contribution in [0.2, 0.25) is 0 Å². The number of H-pyrrole nitrogens is 1. The molecule has 3 heterocycles. The molecule has 18 heavy (non-hydrogen) atoms. The van der Waals surface area contributed by atoms with Gasteiger partial charge in [-0.1, -0.05) is 0 Å². The molecule has 3 rings (SSSR count). The van der Waals surface area contributed by atoms with Crippen molar-refractivity contribution in [2.75, 3.05) is 13.2 Å². The summed E-state index contributed by atoms with van der Waals surface area (Å²) in [7, 11) is 0. The number of nitrogens with zero attached hydrogens (tertiary/aromatic N) is 1. The van der Waals surface area contributed by atoms with Gasteiger partial charge in [-0.05, 0) is 37.0 Å². The first-order chi connectivity index (χ1) is 8.84. The largest absolute Gasteiger partial charge is 0.378 e. The Morgan fingerprint density at radius 1 is 1.56 bits per heavy atom. The summed E-state index contributed by atoms with van der Waals surface area (Å²) in [5.74, 6) is 0.647. The van der Waals surface area contributed by atoms with Crippen molar-refractivity contribution in [1.82, 2.24) is 15.3 Å². The molecular formula is C14H19N3O. The van der Waals surface area contributed by atoms with Gasteiger partial charge in [0, 0.05) is 37.5 Å². The van der Waals surface area contributed by atoms with E-state index < -0.39 is 0 Å². The van der Waals surface area contributed by atoms with Gasteiger partial charge in [0.05, 0.1) is 6.10 Å². The minimum atomic E-state index is 0.391. The number of pyridine rings is 1. The van der Waals surface area contributed by atoms with E-state index in [1.165, 1.54) is 17.4 Å². The Kier molecular flexibility index (Phi) is 3.30. The van der Waals surface area contributed by atoms with Crippen LogP contribution in [-0.2, 0) is 11.3 Å². The number of aromatic amines is 1. The molecule has 0 radical (unpaired) electrons. The van der Waals surface area contributed by atoms with Gasteiger partial charge in [-0.3, -0.25) is 0 Å². The lowest BCUT2D eigenvalue weighted by molar-refractivity contribution is 0.105. The van der Waals surface area contributed by atoms with Crippen molar-refractivity contribution in [2.45, 2.75) is 26.0 Å². The van der Waals surface area contributed by atoms with Crippen molar-refractivity contribution < 1.29 is 4.74 Å². The van der Waals surface area contributed by atoms with Crippen molar-refractivity contribution in [3.05, 3.63) is 30.1 Å². The molecule has 0 spiro atoms. The summed E-state index contributed by atoms with van der Waals surface area (Å²) >= 11 is 0. The Hall–Kier alpha value is -1.39. The summed E-state index contributed by atoms with van der Waals surface area (Å²) in [4.78, 5) is 7.50. The molecule has 0 bridgehead atoms. The minimum absolute atomic E-state index is 0.391. The number of ether oxygens (including phenoxy) is 1. The van der Waals surface area contributed by atoms with E-state index >= 15 is 0 Å². The number of fused-ring (bicyclic) bond motifs is 1. The van der Waals surface area contributed by atoms with Crippen molar-refractivity contribution in [2.24, 2.45) is 5.92 Å². The predicted molar refractivity (Wildman–Crippen MR) is 71.3 cm³/mol. The molecule has 0 aromatic carbocycles. The third kappa shape index (κ3) is 2.26. The number of rotatable bonds is 4. The fourth-order valence-corrected chi connectivity index (χ4v) is 2.60. The molecule has 0 saturated carbocycles. The summed E-state index contributed by atoms with van der Waals surface area (Å²) in [5.41, 5.74) is 2.25. The van der Waals surface area contributed by atoms with E-state index in [9.17, 15) is 0 Å². The summed E-state index contributed by atoms with van der Waals surface area (Å²) in [6, 6.07) is 4.09. The maximum Gasteiger partial charge on any atom is 0.137 e. The monoisotopic (exact) mass is 245 g/mol. The predicted octanol–water partition coefficient (Wildman–Crippen LogP) is 2.08. The maximum absolute atomic E-state index is 5.57. The lowest BCUT2D eigenvalue weighted by Crippen LogP contribution is -2.26. The third-order valence-corrected chi connectivity index (χ3v) is 3.79. The highest BCUT2D eigenvalue weighted by atomic mass is 16.5. The average molecular weight is 245 g/mol. The molecule has 96 valence electrons. The van der Waals surface area contributed by atoms with Crippen LogP contribution in [0.4, 0.5) is 0 Å². The molecule has 1 aliphatic rings. The Morgan fingerprint density at radius 2 is 2.50 bits per heavy atom. The zero-order chi connectivity index (χ0) is 12.4. The smallest absolute Gasteiger partial charge is 0.137 e. The van der Waals surface area contributed by atoms with E-state index in [1.807, 2.05) is 18.5 Å². The second-order valence-electron chi connectivity index (χ2n) is 4.97. The Labute approximate surface area is 107 Å². The van der Waals surface area contributed by atoms with E-state index in [1.54, 1.807) is 0 Å². The van der Waals surface area contributed by atoms with Gasteiger partial charge in [0.1, 0.15) is 5.65 Å². The summed E-state index contributed by atoms with van der Waals surface area (Å²) in [5, 5.41) is 4.73. The molecule has 1 saturated heterocycles. The summed E-state index contributed by atoms with van der Waals surface area (Å²) in [6.07, 6.45) is 5.42. The SMILES string of the molecule is CC1OCCC1CNCc1c[nH]c2ncccc12. The third-order valence-electron chi connectivity index (χ3n) is 3.79. The first kappa shape index (κ1) is 11.7. The summed E-state index contributed by atoms with van der Waals surface area (Å²) in [6.45, 7) is 4.97. The molecule has 2 aromatic heterocycles. The Balaban J connectivity index is 1.60. The average Bonchev–Trinajstić information content (AvgIpc) is 2.97. The molecule has 4 heteroatoms. The number of hydrogen-bond donors (Lipinski definition) is 2. The zero-order valence-electron chi connectivity index (χ0n) is 10.6. The van der Waals surface area contributed by atoms with E-state index in [0.717, 1.165) is 25.3 Å². The molecule has 1 fully saturated rings. The normalized spacial score (nSPS) is 23.8. The lowest BCUT2D eigenvalue weighted by Gasteiger charge is -2.14. The van der Waals surface area contributed by atoms with E-state index in [-0.39, 0.29) is 0 Å². The van der Waals surface area contributed by atoms with Gasteiger partial charge in [0.25, 0.3) is 0 Å². The quantitative estimate of drug-likeness (QED) is 0.867. The highest BCUT2D eigenvalue weighted by Crippen LogP contribution is 2.20. The van der Waals surface area contributed by atoms with Crippen molar-refractivity contribution in [3.8, 4) is 0 Å². The van der Waals surface area contributed by atoms with Crippen LogP contribution in [-0.4, -0.2) is 29.2 Å². The molecule has 0 amide bonds. The highest BCUT2D eigenvalue weighted by molar-refractivity contribution is 5.79. The molecule has 4 nitrogen and oxygen atoms in total. The van der Waals surface area contributed by atoms with Crippen LogP contribution in [0.1, 0.15) is 18.9 Å². The number of hydrogen-bond acceptors (Lipinski definition) is 3. The molecule has 2 atom stereocenters. The van der Waals surface area contributed by atoms with E-state index in [2.05, 4.69) is 28.3 Å². The maximum atomic E-state index is 5.57. The topological polar surface area (TPSA) is 49.9 Å². The Bertz CT molecular complexity index is 522. The van der Waals surface area contributed by atoms with Crippen LogP contribution in [0.3, 0.4) is 0 Å². The molecule has 0 aliphatic carbocycles. The van der Waals surface area contributed by atoms with Gasteiger partial charge in [-0.2, -0.15) is 0 Å². The van der Waals surface area contributed by atoms with Crippen LogP contribution < -0.4 is 5.32 Å². The van der Waals surface area contributed by atoms with Crippen LogP contribution in [0.25, 0.3) is 11.0 Å². The number of nitrogens with one attached hydrogen (secondary N) is 2. The molecule has 2 N–H and O–H groups in total. The Morgan fingerprint density at radius 3 is 3.33 bits per heavy atom. The van der Waals surface area contributed by atoms with Gasteiger partial charge >= 0.3 is 0 Å². The number of aromatic nitrogens is 2. The second kappa shape index (κ2) is 5.08. The zero-order valence-corrected chi connectivity index (χ0v) is 10.6. The van der Waals surface area contributed by atoms with Gasteiger partial charge in [-0.25, -0.2) is 4.98 Å². The standard InChI is InChI=1S/C14H19N3O/c1-10-11(4-6-18-10)7-15-8-12-9-17-14-13(12)3-2-5-16-14/h2-3,5,9-11,15H,4,6-8H2,1H3,(H,16,17). The highest BCUT2D eigenvalue weighted by Gasteiger charge is 2.23. The first-order valence-electron chi connectivity index (χ1n) is 6.58. The molecule has 2 aromatic rings. The molecule has 2 unspecified atom stereocenters. The van der Waals surface area contributed by atoms with Crippen molar-refractivity contribution >= 4 is 11.0 Å². The van der Waals surface area contributed by atoms with E-state index in [4.69, 9.17) is 4.74 Å². The van der Waals surface area contributed by atoms with Gasteiger partial charge in [0.2, 0.25) is 0 Å². The van der Waals surface area contributed by atoms with E-state index in [0.29, 0.717) is 12.0 Å². The fraction of sp³-hybridized carbons (Fsp3) is 0.500. The van der Waals surface area contributed by atoms with Gasteiger partial charge < -0.3 is 15.0 Å². The molecule has 1 aliphatic heterocycles. The van der Waals surface area contributed by atoms with Gasteiger partial charge in [0.15, 0.2) is 0 Å². The molecular weight excluding hydrogens is 226 g/mol. The fourth-order valence-electron chi connectivity index (χ4n) is 2.60. The first-order valence-corrected chi connectivity index (χ1v) is 6.58. The van der Waals surface area contributed by atoms with Crippen molar-refractivity contribution in [3.63, 3.8) is 0 Å². The van der Waals surface area contributed by atoms with Crippen LogP contribution in [0.5, 0.6) is 0 Å². The van der Waals surface area contributed by atoms with Crippen LogP contribution in [0, 0.1) is 5.92 Å². The van der Waals surface area contributed by atoms with Crippen LogP contribution >= 0.6 is 0 Å². The second-order valence-corrected chi connectivity index (χ2v) is 4.97. The lowest BCUT2D eigenvalue weighted by atomic mass is 10.0. The summed E-state index contributed by atoms with van der Waals surface area (Å²) < 4.78 is 5.57. The van der Waals surface area contributed by atoms with Crippen molar-refractivity contribution in [1.29, 1.82) is 0 Å².